The van der Waals surface area contributed by atoms with E-state index in [4.69, 9.17) is 5.73 Å². The zero-order valence-corrected chi connectivity index (χ0v) is 10.9. The molecule has 0 heterocycles. The lowest BCUT2D eigenvalue weighted by atomic mass is 9.99. The van der Waals surface area contributed by atoms with Gasteiger partial charge in [-0.25, -0.2) is 0 Å². The summed E-state index contributed by atoms with van der Waals surface area (Å²) in [7, 11) is 0. The van der Waals surface area contributed by atoms with Crippen LogP contribution in [-0.4, -0.2) is 19.0 Å². The van der Waals surface area contributed by atoms with Crippen LogP contribution in [0.15, 0.2) is 0 Å². The van der Waals surface area contributed by atoms with Crippen molar-refractivity contribution in [3.8, 4) is 0 Å². The van der Waals surface area contributed by atoms with Gasteiger partial charge in [0, 0.05) is 12.5 Å². The molecule has 0 unspecified atom stereocenters. The highest BCUT2D eigenvalue weighted by Crippen LogP contribution is 2.22. The summed E-state index contributed by atoms with van der Waals surface area (Å²) in [5.74, 6) is 0.555. The Morgan fingerprint density at radius 1 is 1.12 bits per heavy atom. The molecule has 96 valence electrons. The number of nitrogens with one attached hydrogen (secondary N) is 1. The lowest BCUT2D eigenvalue weighted by Gasteiger charge is -2.13. The van der Waals surface area contributed by atoms with Crippen LogP contribution in [0, 0.1) is 5.92 Å². The molecule has 0 bridgehead atoms. The number of rotatable bonds is 5. The zero-order valence-electron chi connectivity index (χ0n) is 10.0. The Kier molecular flexibility index (Phi) is 9.74. The summed E-state index contributed by atoms with van der Waals surface area (Å²) in [5.41, 5.74) is 5.40. The van der Waals surface area contributed by atoms with E-state index in [1.54, 1.807) is 0 Å². The Hall–Kier alpha value is -0.280. The van der Waals surface area contributed by atoms with Gasteiger partial charge in [0.1, 0.15) is 0 Å². The van der Waals surface area contributed by atoms with Gasteiger partial charge in [0.2, 0.25) is 5.91 Å². The van der Waals surface area contributed by atoms with E-state index in [2.05, 4.69) is 5.32 Å². The monoisotopic (exact) mass is 248 g/mol. The number of nitrogens with two attached hydrogens (primary N) is 1. The summed E-state index contributed by atoms with van der Waals surface area (Å²) >= 11 is 0. The number of halogens is 1. The standard InChI is InChI=1S/C12H24N2O.ClH/c13-9-5-6-10-14-12(15)11-7-3-1-2-4-8-11;/h11H,1-10,13H2,(H,14,15);1H. The molecule has 0 radical (unpaired) electrons. The van der Waals surface area contributed by atoms with Crippen LogP contribution in [0.25, 0.3) is 0 Å². The first-order valence-electron chi connectivity index (χ1n) is 6.32. The van der Waals surface area contributed by atoms with Crippen molar-refractivity contribution in [1.29, 1.82) is 0 Å². The van der Waals surface area contributed by atoms with Gasteiger partial charge < -0.3 is 11.1 Å². The van der Waals surface area contributed by atoms with Crippen molar-refractivity contribution in [3.63, 3.8) is 0 Å². The second kappa shape index (κ2) is 9.91. The van der Waals surface area contributed by atoms with Crippen LogP contribution in [-0.2, 0) is 4.79 Å². The van der Waals surface area contributed by atoms with Crippen LogP contribution in [0.3, 0.4) is 0 Å². The van der Waals surface area contributed by atoms with Gasteiger partial charge in [0.05, 0.1) is 0 Å². The Labute approximate surface area is 105 Å². The average molecular weight is 249 g/mol. The van der Waals surface area contributed by atoms with Crippen molar-refractivity contribution in [3.05, 3.63) is 0 Å². The maximum absolute atomic E-state index is 11.8. The summed E-state index contributed by atoms with van der Waals surface area (Å²) in [6, 6.07) is 0. The Bertz CT molecular complexity index is 180. The number of hydrogen-bond donors (Lipinski definition) is 2. The molecule has 1 rings (SSSR count). The molecule has 0 aromatic rings. The summed E-state index contributed by atoms with van der Waals surface area (Å²) in [5, 5.41) is 3.02. The maximum atomic E-state index is 11.8. The first kappa shape index (κ1) is 15.7. The van der Waals surface area contributed by atoms with Crippen LogP contribution < -0.4 is 11.1 Å². The van der Waals surface area contributed by atoms with Crippen molar-refractivity contribution < 1.29 is 4.79 Å². The van der Waals surface area contributed by atoms with Gasteiger partial charge >= 0.3 is 0 Å². The van der Waals surface area contributed by atoms with Crippen LogP contribution in [0.5, 0.6) is 0 Å². The quantitative estimate of drug-likeness (QED) is 0.579. The second-order valence-corrected chi connectivity index (χ2v) is 4.48. The van der Waals surface area contributed by atoms with Gasteiger partial charge in [-0.2, -0.15) is 0 Å². The maximum Gasteiger partial charge on any atom is 0.223 e. The third-order valence-electron chi connectivity index (χ3n) is 3.16. The Morgan fingerprint density at radius 3 is 2.31 bits per heavy atom. The summed E-state index contributed by atoms with van der Waals surface area (Å²) in [4.78, 5) is 11.8. The van der Waals surface area contributed by atoms with E-state index in [0.29, 0.717) is 0 Å². The van der Waals surface area contributed by atoms with Crippen molar-refractivity contribution in [2.45, 2.75) is 51.4 Å². The molecule has 3 N–H and O–H groups in total. The Balaban J connectivity index is 0.00000225. The van der Waals surface area contributed by atoms with Crippen molar-refractivity contribution in [1.82, 2.24) is 5.32 Å². The van der Waals surface area contributed by atoms with E-state index in [1.165, 1.54) is 25.7 Å². The predicted octanol–water partition coefficient (Wildman–Crippen LogP) is 2.23. The molecule has 0 spiro atoms. The minimum Gasteiger partial charge on any atom is -0.356 e. The summed E-state index contributed by atoms with van der Waals surface area (Å²) < 4.78 is 0. The molecule has 0 saturated heterocycles. The van der Waals surface area contributed by atoms with E-state index >= 15 is 0 Å². The molecule has 3 nitrogen and oxygen atoms in total. The van der Waals surface area contributed by atoms with E-state index in [1.807, 2.05) is 0 Å². The van der Waals surface area contributed by atoms with Crippen molar-refractivity contribution >= 4 is 18.3 Å². The van der Waals surface area contributed by atoms with Crippen LogP contribution in [0.1, 0.15) is 51.4 Å². The van der Waals surface area contributed by atoms with E-state index in [-0.39, 0.29) is 24.2 Å². The first-order valence-corrected chi connectivity index (χ1v) is 6.32. The van der Waals surface area contributed by atoms with Crippen molar-refractivity contribution in [2.24, 2.45) is 11.7 Å². The van der Waals surface area contributed by atoms with Crippen molar-refractivity contribution in [2.75, 3.05) is 13.1 Å². The molecule has 1 saturated carbocycles. The average Bonchev–Trinajstić information content (AvgIpc) is 2.52. The molecule has 0 atom stereocenters. The van der Waals surface area contributed by atoms with Gasteiger partial charge in [-0.1, -0.05) is 25.7 Å². The van der Waals surface area contributed by atoms with Crippen LogP contribution in [0.4, 0.5) is 0 Å². The molecule has 0 aliphatic heterocycles. The fraction of sp³-hybridized carbons (Fsp3) is 0.917. The third kappa shape index (κ3) is 6.33. The number of amides is 1. The topological polar surface area (TPSA) is 55.1 Å². The molecule has 1 aliphatic rings. The number of carbonyl (C=O) groups excluding carboxylic acids is 1. The lowest BCUT2D eigenvalue weighted by Crippen LogP contribution is -2.31. The van der Waals surface area contributed by atoms with Gasteiger partial charge in [-0.3, -0.25) is 4.79 Å². The van der Waals surface area contributed by atoms with E-state index < -0.39 is 0 Å². The highest BCUT2D eigenvalue weighted by molar-refractivity contribution is 5.85. The van der Waals surface area contributed by atoms with E-state index in [9.17, 15) is 4.79 Å². The minimum absolute atomic E-state index is 0. The second-order valence-electron chi connectivity index (χ2n) is 4.48. The van der Waals surface area contributed by atoms with Gasteiger partial charge in [0.25, 0.3) is 0 Å². The molecular formula is C12H25ClN2O. The van der Waals surface area contributed by atoms with Crippen LogP contribution >= 0.6 is 12.4 Å². The molecule has 1 amide bonds. The SMILES string of the molecule is Cl.NCCCCNC(=O)C1CCCCCC1. The zero-order chi connectivity index (χ0) is 10.9. The molecule has 0 aromatic heterocycles. The molecule has 4 heteroatoms. The van der Waals surface area contributed by atoms with Gasteiger partial charge in [0.15, 0.2) is 0 Å². The summed E-state index contributed by atoms with van der Waals surface area (Å²) in [6.07, 6.45) is 9.24. The van der Waals surface area contributed by atoms with Gasteiger partial charge in [-0.15, -0.1) is 12.4 Å². The highest BCUT2D eigenvalue weighted by Gasteiger charge is 2.19. The third-order valence-corrected chi connectivity index (χ3v) is 3.16. The molecule has 1 aliphatic carbocycles. The smallest absolute Gasteiger partial charge is 0.223 e. The fourth-order valence-electron chi connectivity index (χ4n) is 2.17. The lowest BCUT2D eigenvalue weighted by molar-refractivity contribution is -0.125. The predicted molar refractivity (Wildman–Crippen MR) is 69.7 cm³/mol. The molecule has 1 fully saturated rings. The minimum atomic E-state index is 0. The largest absolute Gasteiger partial charge is 0.356 e. The number of hydrogen-bond acceptors (Lipinski definition) is 2. The molecule has 16 heavy (non-hydrogen) atoms. The highest BCUT2D eigenvalue weighted by atomic mass is 35.5. The number of unbranched alkanes of at least 4 members (excludes halogenated alkanes) is 1. The summed E-state index contributed by atoms with van der Waals surface area (Å²) in [6.45, 7) is 1.52. The number of carbonyl (C=O) groups is 1. The van der Waals surface area contributed by atoms with Crippen LogP contribution in [0.2, 0.25) is 0 Å². The molecular weight excluding hydrogens is 224 g/mol. The van der Waals surface area contributed by atoms with E-state index in [0.717, 1.165) is 38.8 Å². The normalized spacial score (nSPS) is 17.3. The van der Waals surface area contributed by atoms with Gasteiger partial charge in [-0.05, 0) is 32.2 Å². The first-order chi connectivity index (χ1) is 7.34. The molecule has 0 aromatic carbocycles. The fourth-order valence-corrected chi connectivity index (χ4v) is 2.17. The Morgan fingerprint density at radius 2 is 1.75 bits per heavy atom.